The number of rotatable bonds is 3. The molecule has 1 saturated carbocycles. The van der Waals surface area contributed by atoms with Crippen LogP contribution < -0.4 is 4.89 Å². The first kappa shape index (κ1) is 8.17. The minimum Gasteiger partial charge on any atom is -0.286 e. The molecular weight excluding hydrogens is 150 g/mol. The monoisotopic (exact) mass is 163 g/mol. The lowest BCUT2D eigenvalue weighted by Gasteiger charge is -2.08. The highest BCUT2D eigenvalue weighted by Gasteiger charge is 2.15. The van der Waals surface area contributed by atoms with Crippen molar-refractivity contribution in [2.24, 2.45) is 0 Å². The molecule has 4 heteroatoms. The van der Waals surface area contributed by atoms with E-state index in [2.05, 4.69) is 4.89 Å². The maximum atomic E-state index is 10.5. The lowest BCUT2D eigenvalue weighted by molar-refractivity contribution is 0.0255. The van der Waals surface area contributed by atoms with Gasteiger partial charge in [-0.05, 0) is 12.8 Å². The van der Waals surface area contributed by atoms with Crippen molar-refractivity contribution in [3.63, 3.8) is 0 Å². The zero-order valence-electron chi connectivity index (χ0n) is 6.13. The highest BCUT2D eigenvalue weighted by Crippen LogP contribution is 2.19. The van der Waals surface area contributed by atoms with Crippen LogP contribution in [-0.4, -0.2) is 16.6 Å². The number of hydrogen-bond donors (Lipinski definition) is 1. The van der Waals surface area contributed by atoms with E-state index in [4.69, 9.17) is 4.84 Å². The van der Waals surface area contributed by atoms with Crippen LogP contribution in [0.1, 0.15) is 25.7 Å². The maximum Gasteiger partial charge on any atom is 0.112 e. The first-order valence-electron chi connectivity index (χ1n) is 3.54. The Hall–Kier alpha value is 0.0700. The molecule has 10 heavy (non-hydrogen) atoms. The Kier molecular flexibility index (Phi) is 3.31. The standard InChI is InChI=1S/C6H13NO2S/c1-10(8)7-9-6-4-2-3-5-6/h6-7H,2-5H2,1H3. The molecule has 1 aliphatic carbocycles. The molecule has 1 aliphatic rings. The lowest BCUT2D eigenvalue weighted by atomic mass is 10.3. The van der Waals surface area contributed by atoms with Crippen LogP contribution in [0, 0.1) is 0 Å². The molecule has 1 unspecified atom stereocenters. The third-order valence-corrected chi connectivity index (χ3v) is 1.97. The smallest absolute Gasteiger partial charge is 0.112 e. The van der Waals surface area contributed by atoms with E-state index in [-0.39, 0.29) is 0 Å². The lowest BCUT2D eigenvalue weighted by Crippen LogP contribution is -2.22. The van der Waals surface area contributed by atoms with Gasteiger partial charge in [0, 0.05) is 6.26 Å². The average Bonchev–Trinajstić information content (AvgIpc) is 2.34. The van der Waals surface area contributed by atoms with Crippen molar-refractivity contribution < 1.29 is 9.05 Å². The summed E-state index contributed by atoms with van der Waals surface area (Å²) in [7, 11) is -1.03. The second-order valence-electron chi connectivity index (χ2n) is 2.56. The van der Waals surface area contributed by atoms with Crippen molar-refractivity contribution in [2.75, 3.05) is 6.26 Å². The Morgan fingerprint density at radius 1 is 1.50 bits per heavy atom. The molecular formula is C6H13NO2S. The van der Waals surface area contributed by atoms with Gasteiger partial charge in [0.2, 0.25) is 0 Å². The molecule has 0 radical (unpaired) electrons. The van der Waals surface area contributed by atoms with Gasteiger partial charge in [0.05, 0.1) is 6.10 Å². The zero-order valence-corrected chi connectivity index (χ0v) is 6.95. The van der Waals surface area contributed by atoms with Crippen LogP contribution in [0.15, 0.2) is 0 Å². The molecule has 0 aromatic rings. The molecule has 60 valence electrons. The quantitative estimate of drug-likeness (QED) is 0.623. The van der Waals surface area contributed by atoms with Crippen LogP contribution in [0.2, 0.25) is 0 Å². The molecule has 3 nitrogen and oxygen atoms in total. The molecule has 0 saturated heterocycles. The Labute approximate surface area is 63.7 Å². The van der Waals surface area contributed by atoms with E-state index >= 15 is 0 Å². The first-order valence-corrected chi connectivity index (χ1v) is 5.09. The maximum absolute atomic E-state index is 10.5. The fraction of sp³-hybridized carbons (Fsp3) is 1.00. The third-order valence-electron chi connectivity index (χ3n) is 1.63. The third kappa shape index (κ3) is 2.77. The van der Waals surface area contributed by atoms with Gasteiger partial charge in [-0.25, -0.2) is 4.21 Å². The molecule has 0 aromatic carbocycles. The summed E-state index contributed by atoms with van der Waals surface area (Å²) in [5.41, 5.74) is 0. The van der Waals surface area contributed by atoms with Gasteiger partial charge in [0.25, 0.3) is 0 Å². The summed E-state index contributed by atoms with van der Waals surface area (Å²) < 4.78 is 10.5. The zero-order chi connectivity index (χ0) is 7.40. The molecule has 0 heterocycles. The predicted molar refractivity (Wildman–Crippen MR) is 40.5 cm³/mol. The summed E-state index contributed by atoms with van der Waals surface area (Å²) in [5, 5.41) is 0. The van der Waals surface area contributed by atoms with E-state index in [9.17, 15) is 4.21 Å². The molecule has 1 fully saturated rings. The Balaban J connectivity index is 2.07. The van der Waals surface area contributed by atoms with E-state index in [1.807, 2.05) is 0 Å². The van der Waals surface area contributed by atoms with Crippen LogP contribution in [0.4, 0.5) is 0 Å². The predicted octanol–water partition coefficient (Wildman–Crippen LogP) is 0.744. The van der Waals surface area contributed by atoms with E-state index in [0.717, 1.165) is 12.8 Å². The van der Waals surface area contributed by atoms with Crippen molar-refractivity contribution in [3.8, 4) is 0 Å². The molecule has 0 bridgehead atoms. The number of hydrogen-bond acceptors (Lipinski definition) is 2. The number of nitrogens with one attached hydrogen (secondary N) is 1. The van der Waals surface area contributed by atoms with E-state index in [0.29, 0.717) is 6.10 Å². The summed E-state index contributed by atoms with van der Waals surface area (Å²) in [5.74, 6) is 0. The Morgan fingerprint density at radius 2 is 2.10 bits per heavy atom. The summed E-state index contributed by atoms with van der Waals surface area (Å²) >= 11 is 0. The van der Waals surface area contributed by atoms with Crippen LogP contribution in [0.3, 0.4) is 0 Å². The summed E-state index contributed by atoms with van der Waals surface area (Å²) in [6.07, 6.45) is 6.54. The van der Waals surface area contributed by atoms with Gasteiger partial charge in [0.15, 0.2) is 0 Å². The highest BCUT2D eigenvalue weighted by atomic mass is 32.2. The van der Waals surface area contributed by atoms with Gasteiger partial charge in [-0.2, -0.15) is 0 Å². The molecule has 0 amide bonds. The van der Waals surface area contributed by atoms with Crippen LogP contribution in [0.25, 0.3) is 0 Å². The average molecular weight is 163 g/mol. The molecule has 1 atom stereocenters. The van der Waals surface area contributed by atoms with Crippen LogP contribution in [-0.2, 0) is 15.8 Å². The minimum absolute atomic E-state index is 0.295. The van der Waals surface area contributed by atoms with E-state index in [1.165, 1.54) is 12.8 Å². The van der Waals surface area contributed by atoms with Crippen molar-refractivity contribution >= 4 is 11.0 Å². The van der Waals surface area contributed by atoms with Crippen LogP contribution >= 0.6 is 0 Å². The Bertz CT molecular complexity index is 123. The molecule has 0 spiro atoms. The Morgan fingerprint density at radius 3 is 2.60 bits per heavy atom. The van der Waals surface area contributed by atoms with Gasteiger partial charge >= 0.3 is 0 Å². The van der Waals surface area contributed by atoms with Crippen molar-refractivity contribution in [3.05, 3.63) is 0 Å². The molecule has 0 aromatic heterocycles. The molecule has 0 aliphatic heterocycles. The summed E-state index contributed by atoms with van der Waals surface area (Å²) in [6.45, 7) is 0. The fourth-order valence-electron chi connectivity index (χ4n) is 1.14. The largest absolute Gasteiger partial charge is 0.286 e. The van der Waals surface area contributed by atoms with Crippen molar-refractivity contribution in [1.29, 1.82) is 0 Å². The first-order chi connectivity index (χ1) is 4.79. The van der Waals surface area contributed by atoms with Gasteiger partial charge in [-0.1, -0.05) is 12.8 Å². The van der Waals surface area contributed by atoms with Crippen LogP contribution in [0.5, 0.6) is 0 Å². The van der Waals surface area contributed by atoms with E-state index < -0.39 is 11.0 Å². The molecule has 1 N–H and O–H groups in total. The highest BCUT2D eigenvalue weighted by molar-refractivity contribution is 7.82. The topological polar surface area (TPSA) is 38.3 Å². The second-order valence-corrected chi connectivity index (χ2v) is 3.64. The minimum atomic E-state index is -1.03. The summed E-state index contributed by atoms with van der Waals surface area (Å²) in [6, 6.07) is 0. The van der Waals surface area contributed by atoms with Crippen molar-refractivity contribution in [2.45, 2.75) is 31.8 Å². The van der Waals surface area contributed by atoms with E-state index in [1.54, 1.807) is 6.26 Å². The van der Waals surface area contributed by atoms with Crippen molar-refractivity contribution in [1.82, 2.24) is 4.89 Å². The van der Waals surface area contributed by atoms with Gasteiger partial charge < -0.3 is 0 Å². The molecule has 1 rings (SSSR count). The van der Waals surface area contributed by atoms with Gasteiger partial charge in [-0.15, -0.1) is 4.89 Å². The normalized spacial score (nSPS) is 23.3. The second kappa shape index (κ2) is 4.05. The van der Waals surface area contributed by atoms with Gasteiger partial charge in [0.1, 0.15) is 11.0 Å². The van der Waals surface area contributed by atoms with Gasteiger partial charge in [-0.3, -0.25) is 4.84 Å². The fourth-order valence-corrected chi connectivity index (χ4v) is 1.41. The SMILES string of the molecule is CS(=O)NOC1CCCC1. The summed E-state index contributed by atoms with van der Waals surface area (Å²) in [4.78, 5) is 7.57.